The summed E-state index contributed by atoms with van der Waals surface area (Å²) in [7, 11) is 0. The number of anilines is 1. The van der Waals surface area contributed by atoms with Crippen LogP contribution in [0.1, 0.15) is 32.6 Å². The van der Waals surface area contributed by atoms with Crippen molar-refractivity contribution in [2.45, 2.75) is 45.3 Å². The lowest BCUT2D eigenvalue weighted by atomic mass is 10.2. The summed E-state index contributed by atoms with van der Waals surface area (Å²) in [5.74, 6) is 0.735. The molecule has 17 heavy (non-hydrogen) atoms. The Labute approximate surface area is 99.0 Å². The van der Waals surface area contributed by atoms with Crippen LogP contribution in [0.2, 0.25) is 0 Å². The van der Waals surface area contributed by atoms with E-state index >= 15 is 0 Å². The Morgan fingerprint density at radius 3 is 2.76 bits per heavy atom. The zero-order valence-electron chi connectivity index (χ0n) is 9.93. The summed E-state index contributed by atoms with van der Waals surface area (Å²) >= 11 is 0. The van der Waals surface area contributed by atoms with Gasteiger partial charge < -0.3 is 9.88 Å². The van der Waals surface area contributed by atoms with Crippen molar-refractivity contribution in [1.29, 1.82) is 0 Å². The number of rotatable bonds is 7. The van der Waals surface area contributed by atoms with E-state index < -0.39 is 12.6 Å². The summed E-state index contributed by atoms with van der Waals surface area (Å²) in [6.45, 7) is 3.44. The minimum atomic E-state index is -4.04. The second-order valence-electron chi connectivity index (χ2n) is 3.94. The molecule has 1 heterocycles. The van der Waals surface area contributed by atoms with Crippen molar-refractivity contribution in [2.75, 3.05) is 11.9 Å². The Kier molecular flexibility index (Phi) is 5.31. The molecule has 0 aliphatic heterocycles. The average Bonchev–Trinajstić information content (AvgIpc) is 2.67. The van der Waals surface area contributed by atoms with Crippen LogP contribution in [0.5, 0.6) is 0 Å². The third-order valence-electron chi connectivity index (χ3n) is 2.36. The summed E-state index contributed by atoms with van der Waals surface area (Å²) in [6.07, 6.45) is 0.345. The van der Waals surface area contributed by atoms with Gasteiger partial charge in [0.05, 0.1) is 0 Å². The molecule has 0 amide bonds. The van der Waals surface area contributed by atoms with Crippen molar-refractivity contribution in [3.8, 4) is 0 Å². The molecular weight excluding hydrogens is 231 g/mol. The van der Waals surface area contributed by atoms with Crippen LogP contribution in [0, 0.1) is 0 Å². The van der Waals surface area contributed by atoms with Gasteiger partial charge in [0.25, 0.3) is 0 Å². The van der Waals surface area contributed by atoms with E-state index in [0.717, 1.165) is 18.9 Å². The molecule has 98 valence electrons. The van der Waals surface area contributed by atoms with Gasteiger partial charge in [0, 0.05) is 31.9 Å². The fourth-order valence-corrected chi connectivity index (χ4v) is 1.50. The van der Waals surface area contributed by atoms with Gasteiger partial charge in [-0.15, -0.1) is 0 Å². The van der Waals surface area contributed by atoms with Crippen molar-refractivity contribution in [3.63, 3.8) is 0 Å². The van der Waals surface area contributed by atoms with Crippen LogP contribution >= 0.6 is 0 Å². The van der Waals surface area contributed by atoms with Gasteiger partial charge in [0.15, 0.2) is 0 Å². The molecule has 0 bridgehead atoms. The molecule has 1 N–H and O–H groups in total. The molecule has 3 nitrogen and oxygen atoms in total. The highest BCUT2D eigenvalue weighted by atomic mass is 19.4. The predicted molar refractivity (Wildman–Crippen MR) is 60.9 cm³/mol. The normalized spacial score (nSPS) is 11.8. The van der Waals surface area contributed by atoms with Crippen LogP contribution in [-0.4, -0.2) is 22.3 Å². The lowest BCUT2D eigenvalue weighted by Crippen LogP contribution is -2.10. The topological polar surface area (TPSA) is 29.9 Å². The molecule has 1 rings (SSSR count). The third kappa shape index (κ3) is 5.60. The van der Waals surface area contributed by atoms with E-state index in [1.807, 2.05) is 11.5 Å². The van der Waals surface area contributed by atoms with E-state index in [0.29, 0.717) is 13.0 Å². The summed E-state index contributed by atoms with van der Waals surface area (Å²) in [5.41, 5.74) is 0. The van der Waals surface area contributed by atoms with E-state index in [-0.39, 0.29) is 6.42 Å². The standard InChI is InChI=1S/C11H18F3N3/c1-2-6-15-10-16-7-9-17(10)8-4-3-5-11(12,13)14/h7,9H,2-6,8H2,1H3,(H,15,16). The molecular formula is C11H18F3N3. The number of aryl methyl sites for hydroxylation is 1. The molecule has 0 aromatic carbocycles. The van der Waals surface area contributed by atoms with Gasteiger partial charge in [0.1, 0.15) is 0 Å². The summed E-state index contributed by atoms with van der Waals surface area (Å²) in [5, 5.41) is 3.13. The van der Waals surface area contributed by atoms with E-state index in [2.05, 4.69) is 10.3 Å². The minimum absolute atomic E-state index is 0.162. The Hall–Kier alpha value is -1.20. The number of alkyl halides is 3. The number of nitrogens with zero attached hydrogens (tertiary/aromatic N) is 2. The van der Waals surface area contributed by atoms with Crippen molar-refractivity contribution in [2.24, 2.45) is 0 Å². The Bertz CT molecular complexity index is 320. The van der Waals surface area contributed by atoms with Crippen LogP contribution in [0.4, 0.5) is 19.1 Å². The monoisotopic (exact) mass is 249 g/mol. The van der Waals surface area contributed by atoms with Gasteiger partial charge in [-0.2, -0.15) is 13.2 Å². The highest BCUT2D eigenvalue weighted by molar-refractivity contribution is 5.25. The fraction of sp³-hybridized carbons (Fsp3) is 0.727. The molecule has 0 saturated carbocycles. The van der Waals surface area contributed by atoms with Gasteiger partial charge in [-0.3, -0.25) is 0 Å². The summed E-state index contributed by atoms with van der Waals surface area (Å²) < 4.78 is 37.7. The van der Waals surface area contributed by atoms with E-state index in [1.54, 1.807) is 12.4 Å². The molecule has 0 unspecified atom stereocenters. The SMILES string of the molecule is CCCNc1nccn1CCCCC(F)(F)F. The second-order valence-corrected chi connectivity index (χ2v) is 3.94. The number of halogens is 3. The van der Waals surface area contributed by atoms with Crippen LogP contribution in [0.3, 0.4) is 0 Å². The third-order valence-corrected chi connectivity index (χ3v) is 2.36. The Morgan fingerprint density at radius 2 is 2.12 bits per heavy atom. The first kappa shape index (κ1) is 13.9. The molecule has 0 saturated heterocycles. The van der Waals surface area contributed by atoms with Crippen molar-refractivity contribution in [1.82, 2.24) is 9.55 Å². The quantitative estimate of drug-likeness (QED) is 0.750. The van der Waals surface area contributed by atoms with Crippen molar-refractivity contribution >= 4 is 5.95 Å². The van der Waals surface area contributed by atoms with Crippen molar-refractivity contribution < 1.29 is 13.2 Å². The second kappa shape index (κ2) is 6.51. The van der Waals surface area contributed by atoms with Gasteiger partial charge in [-0.1, -0.05) is 6.92 Å². The molecule has 0 aliphatic carbocycles. The van der Waals surface area contributed by atoms with E-state index in [4.69, 9.17) is 0 Å². The molecule has 0 atom stereocenters. The molecule has 6 heteroatoms. The number of imidazole rings is 1. The number of hydrogen-bond acceptors (Lipinski definition) is 2. The Morgan fingerprint density at radius 1 is 1.35 bits per heavy atom. The first-order chi connectivity index (χ1) is 8.03. The molecule has 0 radical (unpaired) electrons. The first-order valence-electron chi connectivity index (χ1n) is 5.84. The molecule has 0 fully saturated rings. The maximum Gasteiger partial charge on any atom is 0.389 e. The van der Waals surface area contributed by atoms with Crippen LogP contribution in [-0.2, 0) is 6.54 Å². The zero-order chi connectivity index (χ0) is 12.7. The van der Waals surface area contributed by atoms with Gasteiger partial charge in [0.2, 0.25) is 5.95 Å². The summed E-state index contributed by atoms with van der Waals surface area (Å²) in [4.78, 5) is 4.11. The van der Waals surface area contributed by atoms with Crippen LogP contribution in [0.15, 0.2) is 12.4 Å². The number of nitrogens with one attached hydrogen (secondary N) is 1. The minimum Gasteiger partial charge on any atom is -0.356 e. The molecule has 0 aliphatic rings. The number of hydrogen-bond donors (Lipinski definition) is 1. The number of aromatic nitrogens is 2. The highest BCUT2D eigenvalue weighted by Gasteiger charge is 2.25. The average molecular weight is 249 g/mol. The maximum absolute atomic E-state index is 11.9. The molecule has 1 aromatic rings. The predicted octanol–water partition coefficient (Wildman–Crippen LogP) is 3.44. The molecule has 0 spiro atoms. The van der Waals surface area contributed by atoms with Crippen LogP contribution < -0.4 is 5.32 Å². The van der Waals surface area contributed by atoms with Crippen LogP contribution in [0.25, 0.3) is 0 Å². The fourth-order valence-electron chi connectivity index (χ4n) is 1.50. The smallest absolute Gasteiger partial charge is 0.356 e. The summed E-state index contributed by atoms with van der Waals surface area (Å²) in [6, 6.07) is 0. The number of unbranched alkanes of at least 4 members (excludes halogenated alkanes) is 1. The van der Waals surface area contributed by atoms with E-state index in [9.17, 15) is 13.2 Å². The largest absolute Gasteiger partial charge is 0.389 e. The first-order valence-corrected chi connectivity index (χ1v) is 5.84. The highest BCUT2D eigenvalue weighted by Crippen LogP contribution is 2.22. The van der Waals surface area contributed by atoms with Gasteiger partial charge in [-0.25, -0.2) is 4.98 Å². The Balaban J connectivity index is 2.29. The van der Waals surface area contributed by atoms with Gasteiger partial charge in [-0.05, 0) is 19.3 Å². The lowest BCUT2D eigenvalue weighted by Gasteiger charge is -2.09. The maximum atomic E-state index is 11.9. The van der Waals surface area contributed by atoms with Gasteiger partial charge >= 0.3 is 6.18 Å². The lowest BCUT2D eigenvalue weighted by molar-refractivity contribution is -0.135. The molecule has 1 aromatic heterocycles. The van der Waals surface area contributed by atoms with Crippen molar-refractivity contribution in [3.05, 3.63) is 12.4 Å². The zero-order valence-corrected chi connectivity index (χ0v) is 9.93. The van der Waals surface area contributed by atoms with E-state index in [1.165, 1.54) is 0 Å².